The summed E-state index contributed by atoms with van der Waals surface area (Å²) >= 11 is 11.5. The van der Waals surface area contributed by atoms with Crippen LogP contribution in [-0.2, 0) is 4.79 Å². The molecular formula is C27H20ClN5O2S. The Morgan fingerprint density at radius 2 is 1.81 bits per heavy atom. The van der Waals surface area contributed by atoms with Crippen LogP contribution in [0.5, 0.6) is 0 Å². The Hall–Kier alpha value is -4.27. The number of thiocarbonyl (C=S) groups is 1. The quantitative estimate of drug-likeness (QED) is 0.216. The van der Waals surface area contributed by atoms with E-state index in [9.17, 15) is 4.79 Å². The number of furan rings is 1. The monoisotopic (exact) mass is 513 g/mol. The van der Waals surface area contributed by atoms with Crippen molar-refractivity contribution in [3.8, 4) is 17.0 Å². The Morgan fingerprint density at radius 1 is 1.00 bits per heavy atom. The van der Waals surface area contributed by atoms with Gasteiger partial charge >= 0.3 is 0 Å². The molecule has 0 saturated carbocycles. The van der Waals surface area contributed by atoms with Crippen molar-refractivity contribution in [2.45, 2.75) is 6.92 Å². The molecule has 2 N–H and O–H groups in total. The molecule has 36 heavy (non-hydrogen) atoms. The Bertz CT molecular complexity index is 1610. The Balaban J connectivity index is 1.20. The standard InChI is InChI=1S/C27H20ClN5O2S/c1-17-7-8-18(15-22(17)28)25-13-10-21(35-25)11-14-26(34)30-27(36)29-19-9-12-23-24(16-19)32-33(31-23)20-5-3-2-4-6-20/h2-16H,1H3,(H2,29,30,34,36)/b14-11+. The summed E-state index contributed by atoms with van der Waals surface area (Å²) in [7, 11) is 0. The van der Waals surface area contributed by atoms with Gasteiger partial charge in [-0.1, -0.05) is 41.9 Å². The van der Waals surface area contributed by atoms with E-state index in [0.717, 1.165) is 22.3 Å². The van der Waals surface area contributed by atoms with E-state index in [-0.39, 0.29) is 11.0 Å². The lowest BCUT2D eigenvalue weighted by molar-refractivity contribution is -0.115. The molecule has 0 atom stereocenters. The van der Waals surface area contributed by atoms with Crippen LogP contribution in [0, 0.1) is 6.92 Å². The number of nitrogens with zero attached hydrogens (tertiary/aromatic N) is 3. The molecular weight excluding hydrogens is 494 g/mol. The van der Waals surface area contributed by atoms with Crippen molar-refractivity contribution in [3.63, 3.8) is 0 Å². The van der Waals surface area contributed by atoms with Gasteiger partial charge in [0.15, 0.2) is 5.11 Å². The lowest BCUT2D eigenvalue weighted by Crippen LogP contribution is -2.32. The van der Waals surface area contributed by atoms with Crippen molar-refractivity contribution in [2.24, 2.45) is 0 Å². The van der Waals surface area contributed by atoms with Crippen molar-refractivity contribution in [3.05, 3.63) is 101 Å². The second-order valence-electron chi connectivity index (χ2n) is 7.97. The van der Waals surface area contributed by atoms with E-state index in [2.05, 4.69) is 20.8 Å². The summed E-state index contributed by atoms with van der Waals surface area (Å²) in [5.41, 5.74) is 4.84. The molecule has 0 spiro atoms. The molecule has 5 rings (SSSR count). The van der Waals surface area contributed by atoms with Gasteiger partial charge in [-0.2, -0.15) is 4.80 Å². The van der Waals surface area contributed by atoms with Gasteiger partial charge in [0.25, 0.3) is 0 Å². The van der Waals surface area contributed by atoms with Crippen LogP contribution in [0.2, 0.25) is 5.02 Å². The van der Waals surface area contributed by atoms with Gasteiger partial charge in [-0.05, 0) is 79.3 Å². The molecule has 5 aromatic rings. The van der Waals surface area contributed by atoms with Gasteiger partial charge in [0, 0.05) is 22.3 Å². The molecule has 0 fully saturated rings. The third kappa shape index (κ3) is 5.35. The van der Waals surface area contributed by atoms with Gasteiger partial charge in [-0.15, -0.1) is 10.2 Å². The van der Waals surface area contributed by atoms with E-state index in [0.29, 0.717) is 27.7 Å². The number of carbonyl (C=O) groups excluding carboxylic acids is 1. The van der Waals surface area contributed by atoms with Crippen molar-refractivity contribution < 1.29 is 9.21 Å². The SMILES string of the molecule is Cc1ccc(-c2ccc(/C=C/C(=O)NC(=S)Nc3ccc4nn(-c5ccccc5)nc4c3)o2)cc1Cl. The number of aryl methyl sites for hydroxylation is 1. The minimum absolute atomic E-state index is 0.161. The number of aromatic nitrogens is 3. The van der Waals surface area contributed by atoms with Crippen LogP contribution in [0.4, 0.5) is 5.69 Å². The molecule has 0 radical (unpaired) electrons. The Kier molecular flexibility index (Phi) is 6.62. The predicted octanol–water partition coefficient (Wildman–Crippen LogP) is 6.17. The van der Waals surface area contributed by atoms with E-state index in [1.54, 1.807) is 16.9 Å². The molecule has 0 saturated heterocycles. The molecule has 9 heteroatoms. The van der Waals surface area contributed by atoms with E-state index in [1.807, 2.05) is 79.7 Å². The van der Waals surface area contributed by atoms with Crippen LogP contribution >= 0.6 is 23.8 Å². The van der Waals surface area contributed by atoms with Gasteiger partial charge < -0.3 is 9.73 Å². The molecule has 0 bridgehead atoms. The molecule has 0 aliphatic rings. The number of anilines is 1. The van der Waals surface area contributed by atoms with Gasteiger partial charge in [-0.3, -0.25) is 10.1 Å². The molecule has 1 amide bonds. The first-order chi connectivity index (χ1) is 17.4. The highest BCUT2D eigenvalue weighted by molar-refractivity contribution is 7.80. The maximum absolute atomic E-state index is 12.3. The van der Waals surface area contributed by atoms with Crippen LogP contribution in [0.25, 0.3) is 34.1 Å². The molecule has 2 aromatic heterocycles. The third-order valence-corrected chi connectivity index (χ3v) is 5.96. The van der Waals surface area contributed by atoms with E-state index in [1.165, 1.54) is 6.08 Å². The number of hydrogen-bond acceptors (Lipinski definition) is 5. The number of rotatable bonds is 5. The van der Waals surface area contributed by atoms with E-state index < -0.39 is 0 Å². The number of para-hydroxylation sites is 1. The first-order valence-corrected chi connectivity index (χ1v) is 11.8. The summed E-state index contributed by atoms with van der Waals surface area (Å²) in [6.07, 6.45) is 2.93. The largest absolute Gasteiger partial charge is 0.457 e. The number of fused-ring (bicyclic) bond motifs is 1. The first kappa shape index (κ1) is 23.5. The highest BCUT2D eigenvalue weighted by Crippen LogP contribution is 2.27. The second kappa shape index (κ2) is 10.2. The Morgan fingerprint density at radius 3 is 2.61 bits per heavy atom. The lowest BCUT2D eigenvalue weighted by atomic mass is 10.1. The topological polar surface area (TPSA) is 85.0 Å². The summed E-state index contributed by atoms with van der Waals surface area (Å²) < 4.78 is 5.80. The van der Waals surface area contributed by atoms with Gasteiger partial charge in [-0.25, -0.2) is 0 Å². The zero-order valence-corrected chi connectivity index (χ0v) is 20.7. The van der Waals surface area contributed by atoms with Crippen LogP contribution < -0.4 is 10.6 Å². The Labute approximate surface area is 217 Å². The number of hydrogen-bond donors (Lipinski definition) is 2. The summed E-state index contributed by atoms with van der Waals surface area (Å²) in [5, 5.41) is 15.5. The number of nitrogens with one attached hydrogen (secondary N) is 2. The van der Waals surface area contributed by atoms with Crippen molar-refractivity contribution in [1.82, 2.24) is 20.3 Å². The number of amides is 1. The van der Waals surface area contributed by atoms with E-state index in [4.69, 9.17) is 28.2 Å². The van der Waals surface area contributed by atoms with Crippen LogP contribution in [0.1, 0.15) is 11.3 Å². The molecule has 0 aliphatic heterocycles. The predicted molar refractivity (Wildman–Crippen MR) is 146 cm³/mol. The molecule has 2 heterocycles. The molecule has 7 nitrogen and oxygen atoms in total. The van der Waals surface area contributed by atoms with Crippen molar-refractivity contribution >= 4 is 57.6 Å². The normalized spacial score (nSPS) is 11.2. The van der Waals surface area contributed by atoms with E-state index >= 15 is 0 Å². The maximum atomic E-state index is 12.3. The zero-order valence-electron chi connectivity index (χ0n) is 19.1. The van der Waals surface area contributed by atoms with Crippen LogP contribution in [0.15, 0.2) is 89.4 Å². The average Bonchev–Trinajstić information content (AvgIpc) is 3.52. The summed E-state index contributed by atoms with van der Waals surface area (Å²) in [6.45, 7) is 1.94. The fourth-order valence-electron chi connectivity index (χ4n) is 3.49. The van der Waals surface area contributed by atoms with Gasteiger partial charge in [0.2, 0.25) is 5.91 Å². The van der Waals surface area contributed by atoms with Gasteiger partial charge in [0.05, 0.1) is 5.69 Å². The van der Waals surface area contributed by atoms with Crippen LogP contribution in [-0.4, -0.2) is 26.0 Å². The van der Waals surface area contributed by atoms with Crippen LogP contribution in [0.3, 0.4) is 0 Å². The number of carbonyl (C=O) groups is 1. The fourth-order valence-corrected chi connectivity index (χ4v) is 3.89. The molecule has 178 valence electrons. The summed E-state index contributed by atoms with van der Waals surface area (Å²) in [6, 6.07) is 24.4. The highest BCUT2D eigenvalue weighted by atomic mass is 35.5. The molecule has 0 aliphatic carbocycles. The lowest BCUT2D eigenvalue weighted by Gasteiger charge is -2.07. The summed E-state index contributed by atoms with van der Waals surface area (Å²) in [4.78, 5) is 13.9. The fraction of sp³-hybridized carbons (Fsp3) is 0.0370. The van der Waals surface area contributed by atoms with Crippen molar-refractivity contribution in [1.29, 1.82) is 0 Å². The second-order valence-corrected chi connectivity index (χ2v) is 8.79. The average molecular weight is 514 g/mol. The number of halogens is 1. The number of benzene rings is 3. The minimum Gasteiger partial charge on any atom is -0.457 e. The highest BCUT2D eigenvalue weighted by Gasteiger charge is 2.08. The third-order valence-electron chi connectivity index (χ3n) is 5.34. The van der Waals surface area contributed by atoms with Gasteiger partial charge in [0.1, 0.15) is 22.6 Å². The van der Waals surface area contributed by atoms with Crippen molar-refractivity contribution in [2.75, 3.05) is 5.32 Å². The maximum Gasteiger partial charge on any atom is 0.250 e. The smallest absolute Gasteiger partial charge is 0.250 e. The summed E-state index contributed by atoms with van der Waals surface area (Å²) in [5.74, 6) is 0.802. The first-order valence-electron chi connectivity index (χ1n) is 11.0. The molecule has 0 unspecified atom stereocenters. The molecule has 3 aromatic carbocycles. The minimum atomic E-state index is -0.389. The zero-order chi connectivity index (χ0) is 25.1.